The summed E-state index contributed by atoms with van der Waals surface area (Å²) >= 11 is 0. The quantitative estimate of drug-likeness (QED) is 0.558. The van der Waals surface area contributed by atoms with Crippen molar-refractivity contribution in [3.05, 3.63) is 11.6 Å². The van der Waals surface area contributed by atoms with Crippen molar-refractivity contribution in [1.29, 1.82) is 0 Å². The second kappa shape index (κ2) is 4.87. The Morgan fingerprint density at radius 1 is 1.33 bits per heavy atom. The monoisotopic (exact) mass is 329 g/mol. The molecule has 132 valence electrons. The van der Waals surface area contributed by atoms with Crippen LogP contribution in [0.1, 0.15) is 58.8 Å². The molecule has 2 N–H and O–H groups in total. The minimum Gasteiger partial charge on any atom is -0.411 e. The average molecular weight is 329 g/mol. The zero-order chi connectivity index (χ0) is 16.7. The van der Waals surface area contributed by atoms with E-state index in [-0.39, 0.29) is 5.41 Å². The Balaban J connectivity index is 1.49. The summed E-state index contributed by atoms with van der Waals surface area (Å²) < 4.78 is 0. The van der Waals surface area contributed by atoms with E-state index in [4.69, 9.17) is 5.21 Å². The first-order valence-corrected chi connectivity index (χ1v) is 10.1. The molecule has 0 amide bonds. The van der Waals surface area contributed by atoms with Crippen LogP contribution >= 0.6 is 0 Å². The molecule has 24 heavy (non-hydrogen) atoms. The molecule has 0 aromatic heterocycles. The van der Waals surface area contributed by atoms with Gasteiger partial charge in [-0.3, -0.25) is 0 Å². The Hall–Kier alpha value is -0.830. The van der Waals surface area contributed by atoms with Gasteiger partial charge in [-0.25, -0.2) is 0 Å². The smallest absolute Gasteiger partial charge is 0.0795 e. The van der Waals surface area contributed by atoms with Gasteiger partial charge in [0.25, 0.3) is 0 Å². The van der Waals surface area contributed by atoms with Crippen molar-refractivity contribution in [3.8, 4) is 0 Å². The molecule has 0 aliphatic heterocycles. The van der Waals surface area contributed by atoms with Crippen molar-refractivity contribution in [1.82, 2.24) is 0 Å². The molecule has 4 saturated carbocycles. The molecule has 3 nitrogen and oxygen atoms in total. The standard InChI is InChI=1S/C21H31NO2/c1-12-7-13-8-15(22-24)3-4-16(13)17-5-6-20(2)18(19(12)17)9-14-10-21(14,20)11-23/h8,12,14,16-19,23-24H,3-7,9-11H2,1-2H3/b22-15+/t12-,14-,16+,17-,18-,19-,20+,21-/m1/s1. The number of oxime groups is 1. The number of aliphatic hydroxyl groups is 1. The maximum absolute atomic E-state index is 10.1. The molecule has 5 aliphatic rings. The van der Waals surface area contributed by atoms with Crippen molar-refractivity contribution >= 4 is 5.71 Å². The van der Waals surface area contributed by atoms with Crippen LogP contribution in [0.4, 0.5) is 0 Å². The molecular formula is C21H31NO2. The highest BCUT2D eigenvalue weighted by Gasteiger charge is 2.74. The Bertz CT molecular complexity index is 621. The summed E-state index contributed by atoms with van der Waals surface area (Å²) in [5, 5.41) is 22.8. The van der Waals surface area contributed by atoms with Gasteiger partial charge in [0.15, 0.2) is 0 Å². The van der Waals surface area contributed by atoms with Crippen molar-refractivity contribution in [2.75, 3.05) is 6.61 Å². The predicted octanol–water partition coefficient (Wildman–Crippen LogP) is 4.24. The minimum absolute atomic E-state index is 0.280. The Labute approximate surface area is 145 Å². The van der Waals surface area contributed by atoms with Crippen molar-refractivity contribution in [3.63, 3.8) is 0 Å². The molecule has 0 aromatic rings. The van der Waals surface area contributed by atoms with E-state index in [1.807, 2.05) is 0 Å². The minimum atomic E-state index is 0.280. The van der Waals surface area contributed by atoms with E-state index in [1.165, 1.54) is 38.5 Å². The number of allylic oxidation sites excluding steroid dienone is 2. The predicted molar refractivity (Wildman–Crippen MR) is 93.9 cm³/mol. The molecule has 0 unspecified atom stereocenters. The lowest BCUT2D eigenvalue weighted by atomic mass is 9.47. The summed E-state index contributed by atoms with van der Waals surface area (Å²) in [6.45, 7) is 5.40. The molecule has 5 rings (SSSR count). The van der Waals surface area contributed by atoms with Crippen LogP contribution in [0.3, 0.4) is 0 Å². The van der Waals surface area contributed by atoms with Crippen LogP contribution in [-0.4, -0.2) is 22.6 Å². The van der Waals surface area contributed by atoms with E-state index >= 15 is 0 Å². The first-order valence-electron chi connectivity index (χ1n) is 10.1. The van der Waals surface area contributed by atoms with Crippen LogP contribution in [0.5, 0.6) is 0 Å². The van der Waals surface area contributed by atoms with Gasteiger partial charge in [-0.2, -0.15) is 0 Å². The molecular weight excluding hydrogens is 298 g/mol. The summed E-state index contributed by atoms with van der Waals surface area (Å²) in [5.74, 6) is 4.75. The topological polar surface area (TPSA) is 52.8 Å². The molecule has 8 atom stereocenters. The molecule has 5 aliphatic carbocycles. The first-order chi connectivity index (χ1) is 11.5. The van der Waals surface area contributed by atoms with Gasteiger partial charge in [0.05, 0.1) is 5.71 Å². The zero-order valence-electron chi connectivity index (χ0n) is 15.0. The summed E-state index contributed by atoms with van der Waals surface area (Å²) in [7, 11) is 0. The SMILES string of the molecule is C[C@@H]1CC2=C/C(=N/O)CC[C@@H]2[C@H]2CC[C@@]3(C)[C@H](C[C@@H]4C[C@@]43CO)[C@@H]21. The molecule has 0 saturated heterocycles. The number of fused-ring (bicyclic) bond motifs is 7. The van der Waals surface area contributed by atoms with Crippen LogP contribution < -0.4 is 0 Å². The van der Waals surface area contributed by atoms with Gasteiger partial charge >= 0.3 is 0 Å². The molecule has 0 aromatic carbocycles. The van der Waals surface area contributed by atoms with E-state index in [0.29, 0.717) is 12.0 Å². The Kier molecular flexibility index (Phi) is 3.13. The summed E-state index contributed by atoms with van der Waals surface area (Å²) in [5.41, 5.74) is 3.11. The van der Waals surface area contributed by atoms with Gasteiger partial charge in [-0.15, -0.1) is 0 Å². The first kappa shape index (κ1) is 15.4. The van der Waals surface area contributed by atoms with Crippen molar-refractivity contribution < 1.29 is 10.3 Å². The van der Waals surface area contributed by atoms with Crippen LogP contribution in [0, 0.1) is 46.3 Å². The van der Waals surface area contributed by atoms with Gasteiger partial charge in [0, 0.05) is 12.0 Å². The largest absolute Gasteiger partial charge is 0.411 e. The normalized spacial score (nSPS) is 56.8. The number of rotatable bonds is 1. The number of hydrogen-bond acceptors (Lipinski definition) is 3. The van der Waals surface area contributed by atoms with Crippen LogP contribution in [0.25, 0.3) is 0 Å². The summed E-state index contributed by atoms with van der Waals surface area (Å²) in [6, 6.07) is 0. The maximum Gasteiger partial charge on any atom is 0.0795 e. The van der Waals surface area contributed by atoms with E-state index in [0.717, 1.165) is 47.6 Å². The second-order valence-corrected chi connectivity index (χ2v) is 9.89. The highest BCUT2D eigenvalue weighted by Crippen LogP contribution is 2.79. The van der Waals surface area contributed by atoms with Crippen LogP contribution in [0.2, 0.25) is 0 Å². The lowest BCUT2D eigenvalue weighted by Gasteiger charge is -2.57. The van der Waals surface area contributed by atoms with E-state index in [1.54, 1.807) is 5.57 Å². The molecule has 0 heterocycles. The third-order valence-corrected chi connectivity index (χ3v) is 9.36. The summed E-state index contributed by atoms with van der Waals surface area (Å²) in [4.78, 5) is 0. The van der Waals surface area contributed by atoms with Gasteiger partial charge < -0.3 is 10.3 Å². The maximum atomic E-state index is 10.1. The molecule has 4 fully saturated rings. The zero-order valence-corrected chi connectivity index (χ0v) is 15.0. The summed E-state index contributed by atoms with van der Waals surface area (Å²) in [6.07, 6.45) is 10.8. The fourth-order valence-corrected chi connectivity index (χ4v) is 8.13. The van der Waals surface area contributed by atoms with Crippen LogP contribution in [0.15, 0.2) is 16.8 Å². The van der Waals surface area contributed by atoms with Crippen LogP contribution in [-0.2, 0) is 0 Å². The van der Waals surface area contributed by atoms with Gasteiger partial charge in [-0.05, 0) is 91.9 Å². The lowest BCUT2D eigenvalue weighted by Crippen LogP contribution is -2.51. The van der Waals surface area contributed by atoms with Gasteiger partial charge in [0.2, 0.25) is 0 Å². The average Bonchev–Trinajstić information content (AvgIpc) is 3.25. The second-order valence-electron chi connectivity index (χ2n) is 9.89. The van der Waals surface area contributed by atoms with Crippen molar-refractivity contribution in [2.45, 2.75) is 58.8 Å². The van der Waals surface area contributed by atoms with Gasteiger partial charge in [-0.1, -0.05) is 24.6 Å². The van der Waals surface area contributed by atoms with E-state index in [9.17, 15) is 5.11 Å². The van der Waals surface area contributed by atoms with E-state index in [2.05, 4.69) is 25.1 Å². The fraction of sp³-hybridized carbons (Fsp3) is 0.857. The number of hydrogen-bond donors (Lipinski definition) is 2. The molecule has 0 radical (unpaired) electrons. The Morgan fingerprint density at radius 3 is 2.92 bits per heavy atom. The number of aliphatic hydroxyl groups excluding tert-OH is 1. The third kappa shape index (κ3) is 1.70. The fourth-order valence-electron chi connectivity index (χ4n) is 8.13. The van der Waals surface area contributed by atoms with Crippen molar-refractivity contribution in [2.24, 2.45) is 51.5 Å². The van der Waals surface area contributed by atoms with E-state index < -0.39 is 0 Å². The highest BCUT2D eigenvalue weighted by atomic mass is 16.4. The lowest BCUT2D eigenvalue weighted by molar-refractivity contribution is -0.0733. The Morgan fingerprint density at radius 2 is 2.17 bits per heavy atom. The molecule has 0 bridgehead atoms. The highest BCUT2D eigenvalue weighted by molar-refractivity contribution is 5.96. The molecule has 3 heteroatoms. The van der Waals surface area contributed by atoms with Gasteiger partial charge in [0.1, 0.15) is 0 Å². The third-order valence-electron chi connectivity index (χ3n) is 9.36. The molecule has 0 spiro atoms. The number of nitrogens with zero attached hydrogens (tertiary/aromatic N) is 1.